The largest absolute Gasteiger partial charge is 0.504 e. The Bertz CT molecular complexity index is 479. The number of carboxylic acids is 1. The second-order valence-electron chi connectivity index (χ2n) is 3.35. The summed E-state index contributed by atoms with van der Waals surface area (Å²) >= 11 is 0. The van der Waals surface area contributed by atoms with Gasteiger partial charge in [0.2, 0.25) is 0 Å². The van der Waals surface area contributed by atoms with Gasteiger partial charge in [0.05, 0.1) is 25.2 Å². The van der Waals surface area contributed by atoms with Crippen molar-refractivity contribution in [2.24, 2.45) is 5.73 Å². The minimum atomic E-state index is -1.22. The van der Waals surface area contributed by atoms with Gasteiger partial charge in [-0.25, -0.2) is 4.79 Å². The molecule has 0 bridgehead atoms. The monoisotopic (exact) mass is 236 g/mol. The number of nitrogens with zero attached hydrogens (tertiary/aromatic N) is 1. The van der Waals surface area contributed by atoms with Crippen LogP contribution in [0.2, 0.25) is 0 Å². The van der Waals surface area contributed by atoms with Crippen LogP contribution in [0.1, 0.15) is 28.4 Å². The highest BCUT2D eigenvalue weighted by atomic mass is 16.5. The van der Waals surface area contributed by atoms with E-state index in [0.717, 1.165) is 0 Å². The average molecular weight is 236 g/mol. The van der Waals surface area contributed by atoms with Gasteiger partial charge in [-0.3, -0.25) is 0 Å². The van der Waals surface area contributed by atoms with E-state index >= 15 is 0 Å². The molecule has 0 fully saturated rings. The predicted molar refractivity (Wildman–Crippen MR) is 58.8 cm³/mol. The Balaban J connectivity index is 3.40. The first-order valence-electron chi connectivity index (χ1n) is 4.78. The molecule has 0 saturated heterocycles. The van der Waals surface area contributed by atoms with E-state index in [1.807, 2.05) is 6.07 Å². The van der Waals surface area contributed by atoms with Gasteiger partial charge in [-0.15, -0.1) is 0 Å². The topological polar surface area (TPSA) is 117 Å². The van der Waals surface area contributed by atoms with Crippen LogP contribution in [0.15, 0.2) is 12.1 Å². The highest BCUT2D eigenvalue weighted by Gasteiger charge is 2.22. The fraction of sp³-hybridized carbons (Fsp3) is 0.273. The van der Waals surface area contributed by atoms with E-state index in [1.165, 1.54) is 19.2 Å². The number of phenolic OH excluding ortho intramolecular Hbond substituents is 1. The van der Waals surface area contributed by atoms with E-state index < -0.39 is 12.0 Å². The molecule has 0 unspecified atom stereocenters. The molecule has 0 spiro atoms. The van der Waals surface area contributed by atoms with E-state index in [0.29, 0.717) is 0 Å². The third kappa shape index (κ3) is 2.46. The van der Waals surface area contributed by atoms with Crippen molar-refractivity contribution in [3.8, 4) is 17.6 Å². The number of methoxy groups -OCH3 is 1. The summed E-state index contributed by atoms with van der Waals surface area (Å²) in [6.45, 7) is 0. The lowest BCUT2D eigenvalue weighted by Gasteiger charge is -2.15. The number of hydrogen-bond acceptors (Lipinski definition) is 5. The lowest BCUT2D eigenvalue weighted by Crippen LogP contribution is -2.15. The Morgan fingerprint density at radius 1 is 1.65 bits per heavy atom. The number of carbonyl (C=O) groups is 1. The van der Waals surface area contributed by atoms with Crippen molar-refractivity contribution in [2.45, 2.75) is 12.5 Å². The molecule has 1 rings (SSSR count). The van der Waals surface area contributed by atoms with Crippen molar-refractivity contribution < 1.29 is 19.7 Å². The summed E-state index contributed by atoms with van der Waals surface area (Å²) in [5.41, 5.74) is 5.55. The van der Waals surface area contributed by atoms with Crippen molar-refractivity contribution in [2.75, 3.05) is 7.11 Å². The predicted octanol–water partition coefficient (Wildman–Crippen LogP) is 1.01. The van der Waals surface area contributed by atoms with Crippen molar-refractivity contribution in [1.82, 2.24) is 0 Å². The molecule has 1 aromatic carbocycles. The Kier molecular flexibility index (Phi) is 3.91. The minimum absolute atomic E-state index is 0.0124. The second kappa shape index (κ2) is 5.18. The highest BCUT2D eigenvalue weighted by molar-refractivity contribution is 5.91. The zero-order chi connectivity index (χ0) is 13.0. The molecule has 0 aliphatic heterocycles. The van der Waals surface area contributed by atoms with Crippen LogP contribution in [-0.2, 0) is 0 Å². The summed E-state index contributed by atoms with van der Waals surface area (Å²) in [7, 11) is 1.34. The van der Waals surface area contributed by atoms with Crippen LogP contribution < -0.4 is 10.5 Å². The molecular formula is C11H12N2O4. The number of nitriles is 1. The van der Waals surface area contributed by atoms with Gasteiger partial charge in [0.15, 0.2) is 11.5 Å². The molecule has 0 aromatic heterocycles. The van der Waals surface area contributed by atoms with Crippen LogP contribution >= 0.6 is 0 Å². The average Bonchev–Trinajstić information content (AvgIpc) is 2.28. The molecule has 0 saturated carbocycles. The molecule has 1 atom stereocenters. The normalized spacial score (nSPS) is 11.6. The molecule has 0 amide bonds. The first-order chi connectivity index (χ1) is 8.02. The summed E-state index contributed by atoms with van der Waals surface area (Å²) in [5, 5.41) is 27.4. The van der Waals surface area contributed by atoms with Crippen LogP contribution in [-0.4, -0.2) is 23.3 Å². The lowest BCUT2D eigenvalue weighted by atomic mass is 9.97. The molecular weight excluding hydrogens is 224 g/mol. The number of carboxylic acid groups (broad SMARTS) is 1. The summed E-state index contributed by atoms with van der Waals surface area (Å²) in [6.07, 6.45) is -0.0962. The number of aromatic hydroxyl groups is 1. The SMILES string of the molecule is COc1ccc(C(=O)O)c([C@@H](N)CC#N)c1O. The summed E-state index contributed by atoms with van der Waals surface area (Å²) in [5.74, 6) is -1.43. The van der Waals surface area contributed by atoms with Crippen molar-refractivity contribution >= 4 is 5.97 Å². The first kappa shape index (κ1) is 12.8. The highest BCUT2D eigenvalue weighted by Crippen LogP contribution is 2.36. The van der Waals surface area contributed by atoms with Crippen molar-refractivity contribution in [3.05, 3.63) is 23.3 Å². The maximum absolute atomic E-state index is 11.0. The van der Waals surface area contributed by atoms with Crippen molar-refractivity contribution in [1.29, 1.82) is 5.26 Å². The van der Waals surface area contributed by atoms with Gasteiger partial charge in [-0.1, -0.05) is 0 Å². The Morgan fingerprint density at radius 3 is 2.76 bits per heavy atom. The zero-order valence-corrected chi connectivity index (χ0v) is 9.17. The van der Waals surface area contributed by atoms with Crippen LogP contribution in [0.4, 0.5) is 0 Å². The molecule has 0 heterocycles. The number of benzene rings is 1. The molecule has 4 N–H and O–H groups in total. The Labute approximate surface area is 97.9 Å². The number of aromatic carboxylic acids is 1. The summed E-state index contributed by atoms with van der Waals surface area (Å²) < 4.78 is 4.87. The first-order valence-corrected chi connectivity index (χ1v) is 4.78. The third-order valence-corrected chi connectivity index (χ3v) is 2.31. The fourth-order valence-electron chi connectivity index (χ4n) is 1.51. The molecule has 0 radical (unpaired) electrons. The molecule has 1 aromatic rings. The number of ether oxygens (including phenoxy) is 1. The fourth-order valence-corrected chi connectivity index (χ4v) is 1.51. The van der Waals surface area contributed by atoms with Crippen LogP contribution in [0.3, 0.4) is 0 Å². The van der Waals surface area contributed by atoms with E-state index in [4.69, 9.17) is 20.8 Å². The standard InChI is InChI=1S/C11H12N2O4/c1-17-8-3-2-6(11(15)16)9(10(8)14)7(13)4-5-12/h2-3,7,14H,4,13H2,1H3,(H,15,16)/t7-/m0/s1. The van der Waals surface area contributed by atoms with Gasteiger partial charge >= 0.3 is 5.97 Å². The van der Waals surface area contributed by atoms with Crippen LogP contribution in [0, 0.1) is 11.3 Å². The molecule has 6 nitrogen and oxygen atoms in total. The molecule has 90 valence electrons. The Hall–Kier alpha value is -2.26. The van der Waals surface area contributed by atoms with Crippen LogP contribution in [0.5, 0.6) is 11.5 Å². The van der Waals surface area contributed by atoms with E-state index in [9.17, 15) is 9.90 Å². The number of nitrogens with two attached hydrogens (primary N) is 1. The van der Waals surface area contributed by atoms with Gasteiger partial charge in [0.25, 0.3) is 0 Å². The minimum Gasteiger partial charge on any atom is -0.504 e. The smallest absolute Gasteiger partial charge is 0.336 e. The Morgan fingerprint density at radius 2 is 2.29 bits per heavy atom. The van der Waals surface area contributed by atoms with Gasteiger partial charge in [-0.05, 0) is 12.1 Å². The van der Waals surface area contributed by atoms with Gasteiger partial charge < -0.3 is 20.7 Å². The molecule has 6 heteroatoms. The quantitative estimate of drug-likeness (QED) is 0.718. The maximum atomic E-state index is 11.0. The van der Waals surface area contributed by atoms with E-state index in [2.05, 4.69) is 0 Å². The van der Waals surface area contributed by atoms with Crippen LogP contribution in [0.25, 0.3) is 0 Å². The van der Waals surface area contributed by atoms with E-state index in [-0.39, 0.29) is 29.0 Å². The van der Waals surface area contributed by atoms with Gasteiger partial charge in [0.1, 0.15) is 0 Å². The van der Waals surface area contributed by atoms with Crippen molar-refractivity contribution in [3.63, 3.8) is 0 Å². The van der Waals surface area contributed by atoms with E-state index in [1.54, 1.807) is 0 Å². The third-order valence-electron chi connectivity index (χ3n) is 2.31. The molecule has 17 heavy (non-hydrogen) atoms. The number of rotatable bonds is 4. The molecule has 0 aliphatic carbocycles. The number of hydrogen-bond donors (Lipinski definition) is 3. The maximum Gasteiger partial charge on any atom is 0.336 e. The summed E-state index contributed by atoms with van der Waals surface area (Å²) in [4.78, 5) is 11.0. The second-order valence-corrected chi connectivity index (χ2v) is 3.35. The number of phenols is 1. The summed E-state index contributed by atoms with van der Waals surface area (Å²) in [6, 6.07) is 3.57. The zero-order valence-electron chi connectivity index (χ0n) is 9.17. The van der Waals surface area contributed by atoms with Gasteiger partial charge in [-0.2, -0.15) is 5.26 Å². The molecule has 0 aliphatic rings. The lowest BCUT2D eigenvalue weighted by molar-refractivity contribution is 0.0694. The van der Waals surface area contributed by atoms with Gasteiger partial charge in [0, 0.05) is 11.6 Å².